The van der Waals surface area contributed by atoms with Gasteiger partial charge in [-0.25, -0.2) is 0 Å². The first-order valence-corrected chi connectivity index (χ1v) is 7.58. The number of halogens is 1. The monoisotopic (exact) mass is 314 g/mol. The molecule has 0 amide bonds. The zero-order chi connectivity index (χ0) is 15.7. The largest absolute Gasteiger partial charge is 0.480 e. The number of nitrogens with zero attached hydrogens (tertiary/aromatic N) is 1. The number of aliphatic carboxylic acids is 1. The molecule has 0 radical (unpaired) electrons. The van der Waals surface area contributed by atoms with Gasteiger partial charge in [-0.05, 0) is 31.0 Å². The molecule has 3 N–H and O–H groups in total. The van der Waals surface area contributed by atoms with Gasteiger partial charge in [0.05, 0.1) is 6.61 Å². The first-order valence-electron chi connectivity index (χ1n) is 7.04. The highest BCUT2D eigenvalue weighted by Crippen LogP contribution is 2.16. The minimum atomic E-state index is -0.987. The van der Waals surface area contributed by atoms with Crippen LogP contribution in [0, 0.1) is 0 Å². The number of carboxylic acids is 1. The van der Waals surface area contributed by atoms with Gasteiger partial charge in [-0.3, -0.25) is 4.79 Å². The van der Waals surface area contributed by atoms with Crippen LogP contribution in [0.4, 0.5) is 5.69 Å². The number of alkyl halides is 1. The number of hydrogen-bond acceptors (Lipinski definition) is 4. The summed E-state index contributed by atoms with van der Waals surface area (Å²) in [5.74, 6) is -0.447. The van der Waals surface area contributed by atoms with Crippen molar-refractivity contribution in [3.63, 3.8) is 0 Å². The number of benzene rings is 1. The Labute approximate surface area is 130 Å². The summed E-state index contributed by atoms with van der Waals surface area (Å²) in [7, 11) is 0. The highest BCUT2D eigenvalue weighted by atomic mass is 35.5. The summed E-state index contributed by atoms with van der Waals surface area (Å²) < 4.78 is 5.37. The normalized spacial score (nSPS) is 12.1. The number of nitrogens with two attached hydrogens (primary N) is 1. The summed E-state index contributed by atoms with van der Waals surface area (Å²) in [6.07, 6.45) is 0.323. The molecule has 0 saturated carbocycles. The molecule has 1 unspecified atom stereocenters. The van der Waals surface area contributed by atoms with Crippen LogP contribution in [0.1, 0.15) is 12.5 Å². The fourth-order valence-electron chi connectivity index (χ4n) is 1.98. The molecule has 1 aromatic rings. The Balaban J connectivity index is 2.66. The fraction of sp³-hybridized carbons (Fsp3) is 0.533. The van der Waals surface area contributed by atoms with E-state index in [1.54, 1.807) is 0 Å². The van der Waals surface area contributed by atoms with Gasteiger partial charge in [0, 0.05) is 31.3 Å². The lowest BCUT2D eigenvalue weighted by atomic mass is 10.1. The number of carboxylic acid groups (broad SMARTS) is 1. The van der Waals surface area contributed by atoms with E-state index in [4.69, 9.17) is 27.2 Å². The van der Waals surface area contributed by atoms with Crippen molar-refractivity contribution >= 4 is 23.3 Å². The van der Waals surface area contributed by atoms with Crippen LogP contribution in [0.25, 0.3) is 0 Å². The minimum Gasteiger partial charge on any atom is -0.480 e. The van der Waals surface area contributed by atoms with Crippen LogP contribution in [-0.2, 0) is 16.0 Å². The molecule has 118 valence electrons. The second-order valence-corrected chi connectivity index (χ2v) is 5.07. The third kappa shape index (κ3) is 6.33. The maximum atomic E-state index is 10.7. The Bertz CT molecular complexity index is 425. The summed E-state index contributed by atoms with van der Waals surface area (Å²) in [5.41, 5.74) is 7.48. The van der Waals surface area contributed by atoms with E-state index >= 15 is 0 Å². The Morgan fingerprint density at radius 3 is 2.57 bits per heavy atom. The Hall–Kier alpha value is -1.30. The fourth-order valence-corrected chi connectivity index (χ4v) is 2.18. The smallest absolute Gasteiger partial charge is 0.320 e. The second kappa shape index (κ2) is 9.60. The number of rotatable bonds is 10. The topological polar surface area (TPSA) is 75.8 Å². The van der Waals surface area contributed by atoms with E-state index < -0.39 is 12.0 Å². The highest BCUT2D eigenvalue weighted by molar-refractivity contribution is 6.18. The molecular formula is C15H23ClN2O3. The third-order valence-electron chi connectivity index (χ3n) is 3.14. The first kappa shape index (κ1) is 17.8. The first-order chi connectivity index (χ1) is 10.1. The Morgan fingerprint density at radius 1 is 1.38 bits per heavy atom. The van der Waals surface area contributed by atoms with Gasteiger partial charge in [-0.2, -0.15) is 0 Å². The molecule has 5 nitrogen and oxygen atoms in total. The lowest BCUT2D eigenvalue weighted by Gasteiger charge is -2.24. The standard InChI is InChI=1S/C15H23ClN2O3/c1-2-21-10-9-18(8-7-16)13-5-3-12(4-6-13)11-14(17)15(19)20/h3-6,14H,2,7-11,17H2,1H3,(H,19,20). The van der Waals surface area contributed by atoms with Gasteiger partial charge in [-0.1, -0.05) is 12.1 Å². The highest BCUT2D eigenvalue weighted by Gasteiger charge is 2.12. The van der Waals surface area contributed by atoms with Crippen LogP contribution in [0.5, 0.6) is 0 Å². The van der Waals surface area contributed by atoms with E-state index in [0.717, 1.165) is 24.3 Å². The molecule has 0 heterocycles. The van der Waals surface area contributed by atoms with Crippen molar-refractivity contribution in [1.82, 2.24) is 0 Å². The molecule has 0 spiro atoms. The number of hydrogen-bond donors (Lipinski definition) is 2. The van der Waals surface area contributed by atoms with Crippen molar-refractivity contribution in [2.45, 2.75) is 19.4 Å². The van der Waals surface area contributed by atoms with Crippen LogP contribution >= 0.6 is 11.6 Å². The molecular weight excluding hydrogens is 292 g/mol. The SMILES string of the molecule is CCOCCN(CCCl)c1ccc(CC(N)C(=O)O)cc1. The zero-order valence-electron chi connectivity index (χ0n) is 12.3. The average molecular weight is 315 g/mol. The molecule has 0 aliphatic carbocycles. The quantitative estimate of drug-likeness (QED) is 0.508. The number of anilines is 1. The molecule has 0 aliphatic rings. The van der Waals surface area contributed by atoms with Crippen molar-refractivity contribution in [3.8, 4) is 0 Å². The predicted octanol–water partition coefficient (Wildman–Crippen LogP) is 1.72. The molecule has 6 heteroatoms. The van der Waals surface area contributed by atoms with Gasteiger partial charge in [0.25, 0.3) is 0 Å². The third-order valence-corrected chi connectivity index (χ3v) is 3.31. The summed E-state index contributed by atoms with van der Waals surface area (Å²) in [6, 6.07) is 6.86. The predicted molar refractivity (Wildman–Crippen MR) is 85.2 cm³/mol. The molecule has 0 saturated heterocycles. The Kier molecular flexibility index (Phi) is 8.12. The number of ether oxygens (including phenoxy) is 1. The van der Waals surface area contributed by atoms with Gasteiger partial charge in [0.1, 0.15) is 6.04 Å². The lowest BCUT2D eigenvalue weighted by molar-refractivity contribution is -0.138. The van der Waals surface area contributed by atoms with Gasteiger partial charge in [-0.15, -0.1) is 11.6 Å². The number of carbonyl (C=O) groups is 1. The molecule has 1 atom stereocenters. The molecule has 0 aromatic heterocycles. The van der Waals surface area contributed by atoms with E-state index in [9.17, 15) is 4.79 Å². The van der Waals surface area contributed by atoms with Gasteiger partial charge >= 0.3 is 5.97 Å². The van der Waals surface area contributed by atoms with Crippen molar-refractivity contribution in [3.05, 3.63) is 29.8 Å². The summed E-state index contributed by atoms with van der Waals surface area (Å²) in [4.78, 5) is 12.9. The van der Waals surface area contributed by atoms with E-state index in [-0.39, 0.29) is 0 Å². The van der Waals surface area contributed by atoms with Crippen molar-refractivity contribution in [1.29, 1.82) is 0 Å². The van der Waals surface area contributed by atoms with E-state index in [1.807, 2.05) is 31.2 Å². The molecule has 21 heavy (non-hydrogen) atoms. The molecule has 0 fully saturated rings. The van der Waals surface area contributed by atoms with Crippen LogP contribution < -0.4 is 10.6 Å². The van der Waals surface area contributed by atoms with E-state index in [1.165, 1.54) is 0 Å². The van der Waals surface area contributed by atoms with Crippen molar-refractivity contribution in [2.75, 3.05) is 37.1 Å². The minimum absolute atomic E-state index is 0.323. The van der Waals surface area contributed by atoms with Crippen LogP contribution in [0.2, 0.25) is 0 Å². The molecule has 1 aromatic carbocycles. The van der Waals surface area contributed by atoms with Gasteiger partial charge in [0.2, 0.25) is 0 Å². The van der Waals surface area contributed by atoms with Crippen molar-refractivity contribution in [2.24, 2.45) is 5.73 Å². The maximum absolute atomic E-state index is 10.7. The summed E-state index contributed by atoms with van der Waals surface area (Å²) >= 11 is 5.83. The summed E-state index contributed by atoms with van der Waals surface area (Å²) in [6.45, 7) is 4.82. The average Bonchev–Trinajstić information content (AvgIpc) is 2.47. The van der Waals surface area contributed by atoms with Crippen LogP contribution in [0.15, 0.2) is 24.3 Å². The zero-order valence-corrected chi connectivity index (χ0v) is 13.1. The second-order valence-electron chi connectivity index (χ2n) is 4.69. The van der Waals surface area contributed by atoms with Crippen LogP contribution in [0.3, 0.4) is 0 Å². The molecule has 1 rings (SSSR count). The van der Waals surface area contributed by atoms with E-state index in [0.29, 0.717) is 25.5 Å². The van der Waals surface area contributed by atoms with E-state index in [2.05, 4.69) is 4.90 Å². The van der Waals surface area contributed by atoms with Crippen molar-refractivity contribution < 1.29 is 14.6 Å². The summed E-state index contributed by atoms with van der Waals surface area (Å²) in [5, 5.41) is 8.81. The Morgan fingerprint density at radius 2 is 2.05 bits per heavy atom. The lowest BCUT2D eigenvalue weighted by Crippen LogP contribution is -2.32. The van der Waals surface area contributed by atoms with Gasteiger partial charge in [0.15, 0.2) is 0 Å². The van der Waals surface area contributed by atoms with Gasteiger partial charge < -0.3 is 20.5 Å². The maximum Gasteiger partial charge on any atom is 0.320 e. The molecule has 0 aliphatic heterocycles. The van der Waals surface area contributed by atoms with Crippen LogP contribution in [-0.4, -0.2) is 49.3 Å². The molecule has 0 bridgehead atoms.